The van der Waals surface area contributed by atoms with E-state index in [1.165, 1.54) is 49.0 Å². The van der Waals surface area contributed by atoms with Crippen molar-refractivity contribution in [2.75, 3.05) is 19.7 Å². The SMILES string of the molecule is c1ccc(-c2nn3c(c2-c2ccnc4cc(OCCCC5CCCCNC5)ccc24)CCC3)nc1. The normalized spacial score (nSPS) is 17.9. The largest absolute Gasteiger partial charge is 0.494 e. The summed E-state index contributed by atoms with van der Waals surface area (Å²) in [5.41, 5.74) is 6.49. The van der Waals surface area contributed by atoms with E-state index in [4.69, 9.17) is 9.84 Å². The summed E-state index contributed by atoms with van der Waals surface area (Å²) < 4.78 is 8.31. The molecular weight excluding hydrogens is 434 g/mol. The maximum Gasteiger partial charge on any atom is 0.121 e. The molecule has 0 spiro atoms. The molecule has 0 saturated carbocycles. The van der Waals surface area contributed by atoms with E-state index in [1.807, 2.05) is 30.6 Å². The Labute approximate surface area is 206 Å². The fourth-order valence-corrected chi connectivity index (χ4v) is 5.63. The van der Waals surface area contributed by atoms with Gasteiger partial charge in [0.1, 0.15) is 11.4 Å². The smallest absolute Gasteiger partial charge is 0.121 e. The molecule has 5 heterocycles. The van der Waals surface area contributed by atoms with Crippen LogP contribution in [-0.4, -0.2) is 39.4 Å². The van der Waals surface area contributed by atoms with Crippen LogP contribution in [0.2, 0.25) is 0 Å². The topological polar surface area (TPSA) is 64.9 Å². The Balaban J connectivity index is 1.24. The minimum atomic E-state index is 0.752. The van der Waals surface area contributed by atoms with Gasteiger partial charge in [0.2, 0.25) is 0 Å². The zero-order chi connectivity index (χ0) is 23.5. The summed E-state index contributed by atoms with van der Waals surface area (Å²) in [5.74, 6) is 1.68. The molecule has 4 aromatic rings. The Hall–Kier alpha value is -3.25. The predicted octanol–water partition coefficient (Wildman–Crippen LogP) is 5.66. The quantitative estimate of drug-likeness (QED) is 0.356. The van der Waals surface area contributed by atoms with E-state index in [0.717, 1.165) is 72.9 Å². The molecule has 1 unspecified atom stereocenters. The molecule has 6 rings (SSSR count). The minimum Gasteiger partial charge on any atom is -0.494 e. The molecule has 180 valence electrons. The number of rotatable bonds is 7. The Morgan fingerprint density at radius 1 is 1.03 bits per heavy atom. The van der Waals surface area contributed by atoms with Crippen LogP contribution in [-0.2, 0) is 13.0 Å². The lowest BCUT2D eigenvalue weighted by atomic mass is 9.96. The molecule has 6 heteroatoms. The zero-order valence-corrected chi connectivity index (χ0v) is 20.2. The lowest BCUT2D eigenvalue weighted by Gasteiger charge is -2.14. The Morgan fingerprint density at radius 3 is 2.97 bits per heavy atom. The average Bonchev–Trinajstić information content (AvgIpc) is 3.39. The van der Waals surface area contributed by atoms with E-state index in [-0.39, 0.29) is 0 Å². The number of fused-ring (bicyclic) bond motifs is 2. The number of benzene rings is 1. The number of pyridine rings is 2. The van der Waals surface area contributed by atoms with Crippen molar-refractivity contribution in [3.63, 3.8) is 0 Å². The molecule has 2 aliphatic heterocycles. The number of aryl methyl sites for hydroxylation is 1. The average molecular weight is 468 g/mol. The highest BCUT2D eigenvalue weighted by atomic mass is 16.5. The molecule has 0 bridgehead atoms. The Morgan fingerprint density at radius 2 is 2.03 bits per heavy atom. The van der Waals surface area contributed by atoms with Gasteiger partial charge in [0, 0.05) is 41.6 Å². The molecule has 35 heavy (non-hydrogen) atoms. The van der Waals surface area contributed by atoms with E-state index in [9.17, 15) is 0 Å². The lowest BCUT2D eigenvalue weighted by Crippen LogP contribution is -2.20. The summed E-state index contributed by atoms with van der Waals surface area (Å²) in [5, 5.41) is 9.65. The van der Waals surface area contributed by atoms with Crippen LogP contribution in [0.1, 0.15) is 44.2 Å². The maximum atomic E-state index is 6.15. The van der Waals surface area contributed by atoms with Crippen LogP contribution < -0.4 is 10.1 Å². The van der Waals surface area contributed by atoms with Gasteiger partial charge in [0.15, 0.2) is 0 Å². The van der Waals surface area contributed by atoms with Gasteiger partial charge in [-0.3, -0.25) is 14.6 Å². The highest BCUT2D eigenvalue weighted by Crippen LogP contribution is 2.40. The molecule has 1 fully saturated rings. The van der Waals surface area contributed by atoms with Gasteiger partial charge in [0.05, 0.1) is 17.8 Å². The number of nitrogens with zero attached hydrogens (tertiary/aromatic N) is 4. The standard InChI is InChI=1S/C29H33N5O/c1-3-14-30-20-21(7-1)8-6-18-35-22-11-12-23-24(13-16-32-26(23)19-22)28-27-10-5-17-34(27)33-29(28)25-9-2-4-15-31-25/h2,4,9,11-13,15-16,19,21,30H,1,3,5-8,10,14,17-18,20H2. The molecule has 1 N–H and O–H groups in total. The fraction of sp³-hybridized carbons (Fsp3) is 0.414. The van der Waals surface area contributed by atoms with E-state index >= 15 is 0 Å². The van der Waals surface area contributed by atoms with Crippen molar-refractivity contribution in [1.29, 1.82) is 0 Å². The fourth-order valence-electron chi connectivity index (χ4n) is 5.63. The van der Waals surface area contributed by atoms with Crippen molar-refractivity contribution >= 4 is 10.9 Å². The summed E-state index contributed by atoms with van der Waals surface area (Å²) in [6.07, 6.45) is 12.2. The molecule has 6 nitrogen and oxygen atoms in total. The van der Waals surface area contributed by atoms with Crippen LogP contribution in [0, 0.1) is 5.92 Å². The maximum absolute atomic E-state index is 6.15. The minimum absolute atomic E-state index is 0.752. The third-order valence-corrected chi connectivity index (χ3v) is 7.41. The van der Waals surface area contributed by atoms with E-state index in [0.29, 0.717) is 0 Å². The van der Waals surface area contributed by atoms with Crippen molar-refractivity contribution in [1.82, 2.24) is 25.1 Å². The lowest BCUT2D eigenvalue weighted by molar-refractivity contribution is 0.288. The first kappa shape index (κ1) is 22.2. The van der Waals surface area contributed by atoms with Crippen molar-refractivity contribution < 1.29 is 4.74 Å². The number of nitrogens with one attached hydrogen (secondary N) is 1. The first-order valence-corrected chi connectivity index (χ1v) is 13.1. The van der Waals surface area contributed by atoms with Crippen molar-refractivity contribution in [2.24, 2.45) is 5.92 Å². The number of aromatic nitrogens is 4. The predicted molar refractivity (Wildman–Crippen MR) is 139 cm³/mol. The molecule has 0 amide bonds. The summed E-state index contributed by atoms with van der Waals surface area (Å²) >= 11 is 0. The van der Waals surface area contributed by atoms with Gasteiger partial charge < -0.3 is 10.1 Å². The Kier molecular flexibility index (Phi) is 6.45. The molecular formula is C29H33N5O. The van der Waals surface area contributed by atoms with E-state index < -0.39 is 0 Å². The Bertz CT molecular complexity index is 1290. The van der Waals surface area contributed by atoms with E-state index in [2.05, 4.69) is 44.2 Å². The molecule has 1 saturated heterocycles. The first-order valence-electron chi connectivity index (χ1n) is 13.1. The van der Waals surface area contributed by atoms with Crippen molar-refractivity contribution in [3.05, 3.63) is 60.6 Å². The van der Waals surface area contributed by atoms with Crippen LogP contribution in [0.25, 0.3) is 33.4 Å². The van der Waals surface area contributed by atoms with Gasteiger partial charge in [-0.2, -0.15) is 5.10 Å². The van der Waals surface area contributed by atoms with Crippen LogP contribution in [0.5, 0.6) is 5.75 Å². The highest BCUT2D eigenvalue weighted by molar-refractivity contribution is 5.99. The van der Waals surface area contributed by atoms with Crippen LogP contribution in [0.15, 0.2) is 54.9 Å². The summed E-state index contributed by atoms with van der Waals surface area (Å²) in [6.45, 7) is 4.04. The summed E-state index contributed by atoms with van der Waals surface area (Å²) in [7, 11) is 0. The summed E-state index contributed by atoms with van der Waals surface area (Å²) in [6, 6.07) is 14.5. The highest BCUT2D eigenvalue weighted by Gasteiger charge is 2.25. The van der Waals surface area contributed by atoms with Crippen molar-refractivity contribution in [3.8, 4) is 28.3 Å². The molecule has 0 aliphatic carbocycles. The van der Waals surface area contributed by atoms with Crippen molar-refractivity contribution in [2.45, 2.75) is 51.5 Å². The second-order valence-corrected chi connectivity index (χ2v) is 9.81. The van der Waals surface area contributed by atoms with E-state index in [1.54, 1.807) is 0 Å². The zero-order valence-electron chi connectivity index (χ0n) is 20.2. The molecule has 1 aromatic carbocycles. The van der Waals surface area contributed by atoms with Gasteiger partial charge in [0.25, 0.3) is 0 Å². The molecule has 3 aromatic heterocycles. The van der Waals surface area contributed by atoms with Gasteiger partial charge in [-0.1, -0.05) is 12.5 Å². The second kappa shape index (κ2) is 10.2. The van der Waals surface area contributed by atoms with Crippen LogP contribution >= 0.6 is 0 Å². The number of ether oxygens (including phenoxy) is 1. The number of hydrogen-bond donors (Lipinski definition) is 1. The third kappa shape index (κ3) is 4.67. The van der Waals surface area contributed by atoms with Crippen LogP contribution in [0.4, 0.5) is 0 Å². The van der Waals surface area contributed by atoms with Gasteiger partial charge in [-0.05, 0) is 93.4 Å². The van der Waals surface area contributed by atoms with Gasteiger partial charge in [-0.15, -0.1) is 0 Å². The van der Waals surface area contributed by atoms with Crippen LogP contribution in [0.3, 0.4) is 0 Å². The summed E-state index contributed by atoms with van der Waals surface area (Å²) in [4.78, 5) is 9.30. The molecule has 2 aliphatic rings. The monoisotopic (exact) mass is 467 g/mol. The van der Waals surface area contributed by atoms with Gasteiger partial charge in [-0.25, -0.2) is 0 Å². The van der Waals surface area contributed by atoms with Gasteiger partial charge >= 0.3 is 0 Å². The molecule has 0 radical (unpaired) electrons. The second-order valence-electron chi connectivity index (χ2n) is 9.81. The first-order chi connectivity index (χ1) is 17.4. The third-order valence-electron chi connectivity index (χ3n) is 7.41. The number of hydrogen-bond acceptors (Lipinski definition) is 5. The molecule has 1 atom stereocenters.